The van der Waals surface area contributed by atoms with Crippen LogP contribution in [0.3, 0.4) is 0 Å². The molecule has 5 nitrogen and oxygen atoms in total. The number of anilines is 2. The van der Waals surface area contributed by atoms with Gasteiger partial charge in [-0.25, -0.2) is 8.42 Å². The van der Waals surface area contributed by atoms with Gasteiger partial charge >= 0.3 is 0 Å². The van der Waals surface area contributed by atoms with Gasteiger partial charge in [-0.15, -0.1) is 11.3 Å². The number of sulfonamides is 1. The van der Waals surface area contributed by atoms with Crippen LogP contribution in [-0.4, -0.2) is 22.6 Å². The normalized spacial score (nSPS) is 11.3. The molecule has 19 heavy (non-hydrogen) atoms. The molecule has 0 unspecified atom stereocenters. The standard InChI is InChI=1S/C12H14N2O3S2/c1-14(10-3-5-11(17-2)6-4-10)19(15,16)12-7-9(13)8-18-12/h3-8H,13H2,1-2H3. The van der Waals surface area contributed by atoms with Gasteiger partial charge in [-0.3, -0.25) is 4.31 Å². The van der Waals surface area contributed by atoms with Gasteiger partial charge in [0.15, 0.2) is 0 Å². The first kappa shape index (κ1) is 13.7. The Morgan fingerprint density at radius 3 is 2.37 bits per heavy atom. The predicted octanol–water partition coefficient (Wildman–Crippen LogP) is 2.16. The van der Waals surface area contributed by atoms with Gasteiger partial charge in [-0.1, -0.05) is 0 Å². The Bertz CT molecular complexity index is 663. The zero-order valence-electron chi connectivity index (χ0n) is 10.5. The third-order valence-electron chi connectivity index (χ3n) is 2.65. The quantitative estimate of drug-likeness (QED) is 0.939. The van der Waals surface area contributed by atoms with Crippen LogP contribution in [0.2, 0.25) is 0 Å². The van der Waals surface area contributed by atoms with Gasteiger partial charge in [-0.05, 0) is 30.3 Å². The molecule has 0 aliphatic heterocycles. The second kappa shape index (κ2) is 5.10. The van der Waals surface area contributed by atoms with E-state index >= 15 is 0 Å². The van der Waals surface area contributed by atoms with Gasteiger partial charge in [0.1, 0.15) is 9.96 Å². The molecule has 0 saturated carbocycles. The molecule has 0 atom stereocenters. The molecule has 0 radical (unpaired) electrons. The van der Waals surface area contributed by atoms with E-state index in [9.17, 15) is 8.42 Å². The van der Waals surface area contributed by atoms with Crippen LogP contribution in [-0.2, 0) is 10.0 Å². The highest BCUT2D eigenvalue weighted by molar-refractivity contribution is 7.94. The Morgan fingerprint density at radius 2 is 1.89 bits per heavy atom. The van der Waals surface area contributed by atoms with Crippen molar-refractivity contribution in [1.82, 2.24) is 0 Å². The smallest absolute Gasteiger partial charge is 0.273 e. The van der Waals surface area contributed by atoms with Crippen molar-refractivity contribution < 1.29 is 13.2 Å². The number of hydrogen-bond donors (Lipinski definition) is 1. The first-order chi connectivity index (χ1) is 8.95. The van der Waals surface area contributed by atoms with E-state index in [1.54, 1.807) is 36.8 Å². The molecule has 2 aromatic rings. The highest BCUT2D eigenvalue weighted by atomic mass is 32.2. The van der Waals surface area contributed by atoms with Crippen molar-refractivity contribution in [3.63, 3.8) is 0 Å². The van der Waals surface area contributed by atoms with Crippen molar-refractivity contribution in [3.8, 4) is 5.75 Å². The fourth-order valence-electron chi connectivity index (χ4n) is 1.53. The molecule has 0 amide bonds. The molecule has 0 fully saturated rings. The lowest BCUT2D eigenvalue weighted by molar-refractivity contribution is 0.415. The Kier molecular flexibility index (Phi) is 3.68. The third-order valence-corrected chi connectivity index (χ3v) is 5.87. The second-order valence-electron chi connectivity index (χ2n) is 3.87. The molecule has 1 aromatic carbocycles. The van der Waals surface area contributed by atoms with Gasteiger partial charge < -0.3 is 10.5 Å². The summed E-state index contributed by atoms with van der Waals surface area (Å²) in [7, 11) is -0.493. The summed E-state index contributed by atoms with van der Waals surface area (Å²) in [5, 5.41) is 1.61. The molecule has 1 aromatic heterocycles. The molecule has 0 saturated heterocycles. The number of thiophene rings is 1. The van der Waals surface area contributed by atoms with Gasteiger partial charge in [-0.2, -0.15) is 0 Å². The SMILES string of the molecule is COc1ccc(N(C)S(=O)(=O)c2cc(N)cs2)cc1. The minimum absolute atomic E-state index is 0.225. The Hall–Kier alpha value is -1.73. The minimum atomic E-state index is -3.56. The molecule has 2 N–H and O–H groups in total. The lowest BCUT2D eigenvalue weighted by Crippen LogP contribution is -2.25. The van der Waals surface area contributed by atoms with E-state index in [0.29, 0.717) is 17.1 Å². The summed E-state index contributed by atoms with van der Waals surface area (Å²) >= 11 is 1.11. The summed E-state index contributed by atoms with van der Waals surface area (Å²) < 4.78 is 31.2. The monoisotopic (exact) mass is 298 g/mol. The molecular formula is C12H14N2O3S2. The maximum atomic E-state index is 12.3. The third kappa shape index (κ3) is 2.66. The molecule has 0 bridgehead atoms. The molecular weight excluding hydrogens is 284 g/mol. The number of methoxy groups -OCH3 is 1. The highest BCUT2D eigenvalue weighted by Gasteiger charge is 2.23. The van der Waals surface area contributed by atoms with Crippen molar-refractivity contribution >= 4 is 32.7 Å². The van der Waals surface area contributed by atoms with E-state index in [2.05, 4.69) is 0 Å². The fourth-order valence-corrected chi connectivity index (χ4v) is 3.98. The van der Waals surface area contributed by atoms with Crippen molar-refractivity contribution in [2.24, 2.45) is 0 Å². The number of hydrogen-bond acceptors (Lipinski definition) is 5. The number of rotatable bonds is 4. The van der Waals surface area contributed by atoms with E-state index in [-0.39, 0.29) is 4.21 Å². The molecule has 2 rings (SSSR count). The van der Waals surface area contributed by atoms with Crippen LogP contribution < -0.4 is 14.8 Å². The lowest BCUT2D eigenvalue weighted by atomic mass is 10.3. The first-order valence-corrected chi connectivity index (χ1v) is 7.74. The van der Waals surface area contributed by atoms with Crippen molar-refractivity contribution in [1.29, 1.82) is 0 Å². The summed E-state index contributed by atoms with van der Waals surface area (Å²) in [6.07, 6.45) is 0. The lowest BCUT2D eigenvalue weighted by Gasteiger charge is -2.18. The van der Waals surface area contributed by atoms with Crippen LogP contribution in [0.15, 0.2) is 39.9 Å². The van der Waals surface area contributed by atoms with E-state index in [0.717, 1.165) is 11.3 Å². The van der Waals surface area contributed by atoms with Gasteiger partial charge in [0.2, 0.25) is 0 Å². The maximum absolute atomic E-state index is 12.3. The minimum Gasteiger partial charge on any atom is -0.497 e. The van der Waals surface area contributed by atoms with E-state index in [1.807, 2.05) is 0 Å². The summed E-state index contributed by atoms with van der Waals surface area (Å²) in [6, 6.07) is 8.26. The molecule has 0 aliphatic carbocycles. The number of benzene rings is 1. The highest BCUT2D eigenvalue weighted by Crippen LogP contribution is 2.28. The maximum Gasteiger partial charge on any atom is 0.273 e. The zero-order chi connectivity index (χ0) is 14.0. The van der Waals surface area contributed by atoms with Crippen molar-refractivity contribution in [2.45, 2.75) is 4.21 Å². The van der Waals surface area contributed by atoms with Crippen LogP contribution in [0, 0.1) is 0 Å². The van der Waals surface area contributed by atoms with E-state index in [1.165, 1.54) is 17.4 Å². The molecule has 0 aliphatic rings. The average Bonchev–Trinajstić information content (AvgIpc) is 2.85. The van der Waals surface area contributed by atoms with Crippen molar-refractivity contribution in [3.05, 3.63) is 35.7 Å². The van der Waals surface area contributed by atoms with E-state index in [4.69, 9.17) is 10.5 Å². The summed E-state index contributed by atoms with van der Waals surface area (Å²) in [5.41, 5.74) is 6.58. The number of nitrogens with zero attached hydrogens (tertiary/aromatic N) is 1. The average molecular weight is 298 g/mol. The van der Waals surface area contributed by atoms with Gasteiger partial charge in [0.05, 0.1) is 12.8 Å². The Labute approximate surface area is 116 Å². The Balaban J connectivity index is 2.34. The van der Waals surface area contributed by atoms with E-state index < -0.39 is 10.0 Å². The number of ether oxygens (including phenoxy) is 1. The summed E-state index contributed by atoms with van der Waals surface area (Å²) in [5.74, 6) is 0.676. The fraction of sp³-hybridized carbons (Fsp3) is 0.167. The molecule has 0 spiro atoms. The number of nitrogen functional groups attached to an aromatic ring is 1. The van der Waals surface area contributed by atoms with Crippen molar-refractivity contribution in [2.75, 3.05) is 24.2 Å². The van der Waals surface area contributed by atoms with Crippen LogP contribution in [0.4, 0.5) is 11.4 Å². The first-order valence-electron chi connectivity index (χ1n) is 5.42. The zero-order valence-corrected chi connectivity index (χ0v) is 12.2. The van der Waals surface area contributed by atoms with Gasteiger partial charge in [0.25, 0.3) is 10.0 Å². The summed E-state index contributed by atoms with van der Waals surface area (Å²) in [6.45, 7) is 0. The Morgan fingerprint density at radius 1 is 1.26 bits per heavy atom. The van der Waals surface area contributed by atoms with Gasteiger partial charge in [0, 0.05) is 18.1 Å². The van der Waals surface area contributed by atoms with Crippen LogP contribution in [0.5, 0.6) is 5.75 Å². The van der Waals surface area contributed by atoms with Crippen LogP contribution >= 0.6 is 11.3 Å². The number of nitrogens with two attached hydrogens (primary N) is 1. The topological polar surface area (TPSA) is 72.6 Å². The molecule has 7 heteroatoms. The summed E-state index contributed by atoms with van der Waals surface area (Å²) in [4.78, 5) is 0. The second-order valence-corrected chi connectivity index (χ2v) is 6.98. The molecule has 1 heterocycles. The van der Waals surface area contributed by atoms with Crippen LogP contribution in [0.1, 0.15) is 0 Å². The largest absolute Gasteiger partial charge is 0.497 e. The molecule has 102 valence electrons. The van der Waals surface area contributed by atoms with Crippen LogP contribution in [0.25, 0.3) is 0 Å². The predicted molar refractivity (Wildman–Crippen MR) is 77.3 cm³/mol.